The lowest BCUT2D eigenvalue weighted by atomic mass is 10.3. The Morgan fingerprint density at radius 2 is 1.95 bits per heavy atom. The molecule has 0 fully saturated rings. The summed E-state index contributed by atoms with van der Waals surface area (Å²) in [6.45, 7) is 0. The Hall–Kier alpha value is -3.27. The topological polar surface area (TPSA) is 81.5 Å². The van der Waals surface area contributed by atoms with Crippen molar-refractivity contribution in [2.24, 2.45) is 0 Å². The number of nitriles is 1. The molecule has 0 atom stereocenters. The summed E-state index contributed by atoms with van der Waals surface area (Å²) in [4.78, 5) is 23.7. The van der Waals surface area contributed by atoms with Crippen LogP contribution in [0.4, 0.5) is 16.3 Å². The standard InChI is InChI=1S/C15H15N5O2/c1-19(2)14-13(9-6-10-17-14)22-20(15(21)18-11-16)12-7-4-3-5-8-12/h3-10H,1-2H3,(H,18,21). The number of amides is 2. The average Bonchev–Trinajstić information content (AvgIpc) is 2.53. The number of anilines is 2. The van der Waals surface area contributed by atoms with E-state index in [-0.39, 0.29) is 0 Å². The van der Waals surface area contributed by atoms with E-state index in [2.05, 4.69) is 4.98 Å². The maximum atomic E-state index is 12.1. The Kier molecular flexibility index (Phi) is 4.78. The molecule has 2 rings (SSSR count). The molecule has 0 aliphatic heterocycles. The Labute approximate surface area is 128 Å². The molecule has 7 heteroatoms. The van der Waals surface area contributed by atoms with Crippen LogP contribution in [0.1, 0.15) is 0 Å². The molecule has 0 saturated carbocycles. The van der Waals surface area contributed by atoms with Gasteiger partial charge in [-0.15, -0.1) is 5.06 Å². The lowest BCUT2D eigenvalue weighted by Gasteiger charge is -2.23. The van der Waals surface area contributed by atoms with Crippen molar-refractivity contribution in [1.82, 2.24) is 10.3 Å². The fourth-order valence-electron chi connectivity index (χ4n) is 1.76. The highest BCUT2D eigenvalue weighted by atomic mass is 16.7. The zero-order valence-electron chi connectivity index (χ0n) is 12.2. The van der Waals surface area contributed by atoms with Crippen LogP contribution in [-0.4, -0.2) is 25.1 Å². The first-order valence-corrected chi connectivity index (χ1v) is 6.48. The minimum atomic E-state index is -0.692. The van der Waals surface area contributed by atoms with Gasteiger partial charge in [-0.2, -0.15) is 5.26 Å². The average molecular weight is 297 g/mol. The number of hydrogen-bond donors (Lipinski definition) is 1. The highest BCUT2D eigenvalue weighted by Gasteiger charge is 2.20. The van der Waals surface area contributed by atoms with E-state index in [0.717, 1.165) is 5.06 Å². The van der Waals surface area contributed by atoms with Crippen molar-refractivity contribution < 1.29 is 9.63 Å². The molecule has 0 unspecified atom stereocenters. The molecule has 112 valence electrons. The van der Waals surface area contributed by atoms with Gasteiger partial charge in [0.05, 0.1) is 5.69 Å². The van der Waals surface area contributed by atoms with Crippen LogP contribution < -0.4 is 20.1 Å². The molecule has 7 nitrogen and oxygen atoms in total. The van der Waals surface area contributed by atoms with Crippen LogP contribution in [0, 0.1) is 11.5 Å². The maximum absolute atomic E-state index is 12.1. The van der Waals surface area contributed by atoms with Gasteiger partial charge in [0.25, 0.3) is 0 Å². The number of urea groups is 1. The van der Waals surface area contributed by atoms with Crippen molar-refractivity contribution in [3.05, 3.63) is 48.7 Å². The molecular weight excluding hydrogens is 282 g/mol. The number of carbonyl (C=O) groups is 1. The third kappa shape index (κ3) is 3.43. The summed E-state index contributed by atoms with van der Waals surface area (Å²) in [6, 6.07) is 11.4. The van der Waals surface area contributed by atoms with E-state index in [1.54, 1.807) is 53.7 Å². The number of rotatable bonds is 4. The number of hydroxylamine groups is 1. The highest BCUT2D eigenvalue weighted by Crippen LogP contribution is 2.26. The second kappa shape index (κ2) is 6.95. The quantitative estimate of drug-likeness (QED) is 0.531. The fourth-order valence-corrected chi connectivity index (χ4v) is 1.76. The molecule has 0 aliphatic carbocycles. The number of para-hydroxylation sites is 1. The summed E-state index contributed by atoms with van der Waals surface area (Å²) in [5.74, 6) is 0.956. The van der Waals surface area contributed by atoms with E-state index in [1.165, 1.54) is 0 Å². The van der Waals surface area contributed by atoms with Gasteiger partial charge in [-0.05, 0) is 24.3 Å². The number of aromatic nitrogens is 1. The largest absolute Gasteiger partial charge is 0.368 e. The normalized spacial score (nSPS) is 9.50. The number of carbonyl (C=O) groups excluding carboxylic acids is 1. The molecule has 1 aromatic carbocycles. The smallest absolute Gasteiger partial charge is 0.366 e. The number of nitrogens with one attached hydrogen (secondary N) is 1. The summed E-state index contributed by atoms with van der Waals surface area (Å²) in [5, 5.41) is 11.7. The van der Waals surface area contributed by atoms with E-state index in [4.69, 9.17) is 10.1 Å². The minimum absolute atomic E-state index is 0.393. The third-order valence-electron chi connectivity index (χ3n) is 2.70. The molecule has 1 aromatic heterocycles. The molecular formula is C15H15N5O2. The lowest BCUT2D eigenvalue weighted by molar-refractivity contribution is 0.216. The van der Waals surface area contributed by atoms with Crippen LogP contribution in [0.15, 0.2) is 48.7 Å². The Balaban J connectivity index is 2.36. The van der Waals surface area contributed by atoms with Crippen molar-refractivity contribution in [3.63, 3.8) is 0 Å². The van der Waals surface area contributed by atoms with Crippen LogP contribution in [0.2, 0.25) is 0 Å². The molecule has 22 heavy (non-hydrogen) atoms. The van der Waals surface area contributed by atoms with Crippen LogP contribution in [0.25, 0.3) is 0 Å². The van der Waals surface area contributed by atoms with Crippen LogP contribution >= 0.6 is 0 Å². The summed E-state index contributed by atoms with van der Waals surface area (Å²) in [7, 11) is 3.63. The van der Waals surface area contributed by atoms with Gasteiger partial charge in [-0.25, -0.2) is 15.1 Å². The predicted octanol–water partition coefficient (Wildman–Crippen LogP) is 2.14. The minimum Gasteiger partial charge on any atom is -0.366 e. The SMILES string of the molecule is CN(C)c1ncccc1ON(C(=O)NC#N)c1ccccc1. The summed E-state index contributed by atoms with van der Waals surface area (Å²) >= 11 is 0. The van der Waals surface area contributed by atoms with E-state index in [0.29, 0.717) is 17.3 Å². The first kappa shape index (κ1) is 15.1. The highest BCUT2D eigenvalue weighted by molar-refractivity contribution is 5.91. The van der Waals surface area contributed by atoms with E-state index in [1.807, 2.05) is 25.5 Å². The molecule has 0 aliphatic rings. The molecule has 2 aromatic rings. The molecule has 0 saturated heterocycles. The Bertz CT molecular complexity index is 682. The third-order valence-corrected chi connectivity index (χ3v) is 2.70. The van der Waals surface area contributed by atoms with Crippen molar-refractivity contribution in [2.45, 2.75) is 0 Å². The molecule has 0 radical (unpaired) electrons. The number of nitrogens with zero attached hydrogens (tertiary/aromatic N) is 4. The van der Waals surface area contributed by atoms with Gasteiger partial charge in [0.2, 0.25) is 0 Å². The molecule has 1 N–H and O–H groups in total. The Morgan fingerprint density at radius 1 is 1.23 bits per heavy atom. The predicted molar refractivity (Wildman–Crippen MR) is 82.3 cm³/mol. The first-order valence-electron chi connectivity index (χ1n) is 6.48. The van der Waals surface area contributed by atoms with Crippen LogP contribution in [0.5, 0.6) is 5.75 Å². The monoisotopic (exact) mass is 297 g/mol. The van der Waals surface area contributed by atoms with Crippen molar-refractivity contribution in [2.75, 3.05) is 24.1 Å². The van der Waals surface area contributed by atoms with Gasteiger partial charge in [0.15, 0.2) is 17.8 Å². The van der Waals surface area contributed by atoms with E-state index >= 15 is 0 Å². The second-order valence-electron chi connectivity index (χ2n) is 4.48. The van der Waals surface area contributed by atoms with E-state index in [9.17, 15) is 4.79 Å². The number of benzene rings is 1. The van der Waals surface area contributed by atoms with E-state index < -0.39 is 6.03 Å². The van der Waals surface area contributed by atoms with Gasteiger partial charge in [0.1, 0.15) is 0 Å². The second-order valence-corrected chi connectivity index (χ2v) is 4.48. The van der Waals surface area contributed by atoms with Gasteiger partial charge in [-0.3, -0.25) is 0 Å². The maximum Gasteiger partial charge on any atom is 0.368 e. The molecule has 1 heterocycles. The number of hydrogen-bond acceptors (Lipinski definition) is 5. The van der Waals surface area contributed by atoms with Gasteiger partial charge in [-0.1, -0.05) is 18.2 Å². The zero-order valence-corrected chi connectivity index (χ0v) is 12.2. The van der Waals surface area contributed by atoms with Crippen molar-refractivity contribution >= 4 is 17.5 Å². The van der Waals surface area contributed by atoms with Crippen molar-refractivity contribution in [3.8, 4) is 11.9 Å². The van der Waals surface area contributed by atoms with Crippen LogP contribution in [-0.2, 0) is 0 Å². The van der Waals surface area contributed by atoms with Crippen LogP contribution in [0.3, 0.4) is 0 Å². The van der Waals surface area contributed by atoms with Crippen molar-refractivity contribution in [1.29, 1.82) is 5.26 Å². The molecule has 2 amide bonds. The summed E-state index contributed by atoms with van der Waals surface area (Å²) < 4.78 is 0. The van der Waals surface area contributed by atoms with Gasteiger partial charge < -0.3 is 9.74 Å². The fraction of sp³-hybridized carbons (Fsp3) is 0.133. The molecule has 0 bridgehead atoms. The number of pyridine rings is 1. The first-order chi connectivity index (χ1) is 10.6. The Morgan fingerprint density at radius 3 is 2.59 bits per heavy atom. The molecule has 0 spiro atoms. The van der Waals surface area contributed by atoms with Gasteiger partial charge >= 0.3 is 6.03 Å². The zero-order chi connectivity index (χ0) is 15.9. The summed E-state index contributed by atoms with van der Waals surface area (Å²) in [5.41, 5.74) is 0.490. The summed E-state index contributed by atoms with van der Waals surface area (Å²) in [6.07, 6.45) is 3.22. The van der Waals surface area contributed by atoms with Gasteiger partial charge in [0, 0.05) is 20.3 Å². The lowest BCUT2D eigenvalue weighted by Crippen LogP contribution is -2.40.